The van der Waals surface area contributed by atoms with E-state index in [1.807, 2.05) is 0 Å². The molecule has 0 fully saturated rings. The lowest BCUT2D eigenvalue weighted by molar-refractivity contribution is 0.262. The molecule has 20 heavy (non-hydrogen) atoms. The summed E-state index contributed by atoms with van der Waals surface area (Å²) < 4.78 is 40.2. The van der Waals surface area contributed by atoms with Gasteiger partial charge in [-0.2, -0.15) is 0 Å². The van der Waals surface area contributed by atoms with Gasteiger partial charge in [0.2, 0.25) is 0 Å². The van der Waals surface area contributed by atoms with Gasteiger partial charge in [0, 0.05) is 10.5 Å². The summed E-state index contributed by atoms with van der Waals surface area (Å²) in [7, 11) is 0. The molecule has 0 bridgehead atoms. The summed E-state index contributed by atoms with van der Waals surface area (Å²) in [5.74, 6) is -2.15. The first kappa shape index (κ1) is 14.4. The lowest BCUT2D eigenvalue weighted by atomic mass is 10.3. The zero-order valence-corrected chi connectivity index (χ0v) is 11.5. The van der Waals surface area contributed by atoms with Gasteiger partial charge in [0.1, 0.15) is 17.5 Å². The van der Waals surface area contributed by atoms with Crippen LogP contribution < -0.4 is 10.6 Å². The lowest BCUT2D eigenvalue weighted by Gasteiger charge is -2.09. The highest BCUT2D eigenvalue weighted by Gasteiger charge is 2.10. The first-order chi connectivity index (χ1) is 9.45. The number of benzene rings is 2. The van der Waals surface area contributed by atoms with Gasteiger partial charge >= 0.3 is 6.03 Å². The van der Waals surface area contributed by atoms with E-state index in [1.165, 1.54) is 18.2 Å². The van der Waals surface area contributed by atoms with Crippen LogP contribution in [0.1, 0.15) is 0 Å². The second-order valence-electron chi connectivity index (χ2n) is 3.83. The van der Waals surface area contributed by atoms with Gasteiger partial charge in [0.25, 0.3) is 0 Å². The molecule has 0 radical (unpaired) electrons. The Morgan fingerprint density at radius 1 is 0.900 bits per heavy atom. The maximum Gasteiger partial charge on any atom is 0.323 e. The first-order valence-corrected chi connectivity index (χ1v) is 6.23. The van der Waals surface area contributed by atoms with Gasteiger partial charge in [0.05, 0.1) is 11.4 Å². The molecule has 0 spiro atoms. The Kier molecular flexibility index (Phi) is 4.29. The van der Waals surface area contributed by atoms with Crippen LogP contribution in [-0.4, -0.2) is 6.03 Å². The molecular formula is C13H8BrF3N2O. The quantitative estimate of drug-likeness (QED) is 0.826. The van der Waals surface area contributed by atoms with E-state index < -0.39 is 23.5 Å². The minimum absolute atomic E-state index is 0.0810. The average molecular weight is 345 g/mol. The maximum absolute atomic E-state index is 13.5. The van der Waals surface area contributed by atoms with E-state index in [-0.39, 0.29) is 11.4 Å². The number of hydrogen-bond donors (Lipinski definition) is 2. The maximum atomic E-state index is 13.5. The van der Waals surface area contributed by atoms with Crippen molar-refractivity contribution in [1.82, 2.24) is 0 Å². The Labute approximate surface area is 120 Å². The van der Waals surface area contributed by atoms with Gasteiger partial charge in [-0.1, -0.05) is 15.9 Å². The summed E-state index contributed by atoms with van der Waals surface area (Å²) in [5.41, 5.74) is -0.414. The molecular weight excluding hydrogens is 337 g/mol. The number of carbonyl (C=O) groups is 1. The van der Waals surface area contributed by atoms with E-state index in [0.717, 1.165) is 18.2 Å². The molecule has 2 N–H and O–H groups in total. The summed E-state index contributed by atoms with van der Waals surface area (Å²) in [6, 6.07) is 5.78. The van der Waals surface area contributed by atoms with E-state index >= 15 is 0 Å². The minimum Gasteiger partial charge on any atom is -0.305 e. The van der Waals surface area contributed by atoms with Crippen molar-refractivity contribution in [1.29, 1.82) is 0 Å². The van der Waals surface area contributed by atoms with Crippen LogP contribution in [0.25, 0.3) is 0 Å². The normalized spacial score (nSPS) is 10.2. The smallest absolute Gasteiger partial charge is 0.305 e. The topological polar surface area (TPSA) is 41.1 Å². The van der Waals surface area contributed by atoms with Crippen molar-refractivity contribution in [2.75, 3.05) is 10.6 Å². The van der Waals surface area contributed by atoms with Crippen molar-refractivity contribution in [2.45, 2.75) is 0 Å². The summed E-state index contributed by atoms with van der Waals surface area (Å²) in [6.07, 6.45) is 0. The molecule has 0 aliphatic rings. The van der Waals surface area contributed by atoms with E-state index in [2.05, 4.69) is 26.6 Å². The SMILES string of the molecule is O=C(Nc1ccc(Br)cc1F)Nc1cc(F)ccc1F. The molecule has 104 valence electrons. The summed E-state index contributed by atoms with van der Waals surface area (Å²) in [5, 5.41) is 4.30. The van der Waals surface area contributed by atoms with Crippen LogP contribution in [0.15, 0.2) is 40.9 Å². The van der Waals surface area contributed by atoms with Gasteiger partial charge in [-0.05, 0) is 30.3 Å². The summed E-state index contributed by atoms with van der Waals surface area (Å²) >= 11 is 3.07. The Hall–Kier alpha value is -2.02. The largest absolute Gasteiger partial charge is 0.323 e. The summed E-state index contributed by atoms with van der Waals surface area (Å²) in [6.45, 7) is 0. The molecule has 2 aromatic rings. The van der Waals surface area contributed by atoms with Crippen molar-refractivity contribution < 1.29 is 18.0 Å². The molecule has 0 heterocycles. The number of carbonyl (C=O) groups excluding carboxylic acids is 1. The lowest BCUT2D eigenvalue weighted by Crippen LogP contribution is -2.20. The Balaban J connectivity index is 2.11. The zero-order valence-electron chi connectivity index (χ0n) is 9.88. The number of urea groups is 1. The number of hydrogen-bond acceptors (Lipinski definition) is 1. The van der Waals surface area contributed by atoms with Crippen LogP contribution in [0.3, 0.4) is 0 Å². The van der Waals surface area contributed by atoms with Crippen molar-refractivity contribution in [2.24, 2.45) is 0 Å². The monoisotopic (exact) mass is 344 g/mol. The average Bonchev–Trinajstić information content (AvgIpc) is 2.37. The van der Waals surface area contributed by atoms with Crippen LogP contribution in [0.4, 0.5) is 29.3 Å². The molecule has 0 aromatic heterocycles. The highest BCUT2D eigenvalue weighted by Crippen LogP contribution is 2.20. The summed E-state index contributed by atoms with van der Waals surface area (Å²) in [4.78, 5) is 11.6. The first-order valence-electron chi connectivity index (χ1n) is 5.44. The van der Waals surface area contributed by atoms with Crippen molar-refractivity contribution in [3.63, 3.8) is 0 Å². The second kappa shape index (κ2) is 5.96. The highest BCUT2D eigenvalue weighted by atomic mass is 79.9. The van der Waals surface area contributed by atoms with E-state index in [4.69, 9.17) is 0 Å². The van der Waals surface area contributed by atoms with Gasteiger partial charge in [-0.15, -0.1) is 0 Å². The van der Waals surface area contributed by atoms with Crippen molar-refractivity contribution in [3.05, 3.63) is 58.3 Å². The molecule has 2 amide bonds. The van der Waals surface area contributed by atoms with Crippen LogP contribution in [-0.2, 0) is 0 Å². The van der Waals surface area contributed by atoms with Crippen LogP contribution in [0.2, 0.25) is 0 Å². The Bertz CT molecular complexity index is 664. The standard InChI is InChI=1S/C13H8BrF3N2O/c14-7-1-4-11(10(17)5-7)18-13(20)19-12-6-8(15)2-3-9(12)16/h1-6H,(H2,18,19,20). The fourth-order valence-electron chi connectivity index (χ4n) is 1.46. The number of rotatable bonds is 2. The van der Waals surface area contributed by atoms with Crippen molar-refractivity contribution >= 4 is 33.3 Å². The minimum atomic E-state index is -0.879. The molecule has 0 unspecified atom stereocenters. The molecule has 0 atom stereocenters. The number of anilines is 2. The predicted molar refractivity (Wildman–Crippen MR) is 73.1 cm³/mol. The molecule has 2 rings (SSSR count). The third-order valence-corrected chi connectivity index (χ3v) is 2.85. The number of halogens is 4. The van der Waals surface area contributed by atoms with Crippen LogP contribution in [0.5, 0.6) is 0 Å². The Morgan fingerprint density at radius 3 is 2.30 bits per heavy atom. The third kappa shape index (κ3) is 3.51. The van der Waals surface area contributed by atoms with E-state index in [0.29, 0.717) is 4.47 Å². The fraction of sp³-hybridized carbons (Fsp3) is 0. The fourth-order valence-corrected chi connectivity index (χ4v) is 1.79. The van der Waals surface area contributed by atoms with E-state index in [9.17, 15) is 18.0 Å². The molecule has 7 heteroatoms. The van der Waals surface area contributed by atoms with Crippen LogP contribution in [0, 0.1) is 17.5 Å². The predicted octanol–water partition coefficient (Wildman–Crippen LogP) is 4.51. The van der Waals surface area contributed by atoms with Gasteiger partial charge in [-0.25, -0.2) is 18.0 Å². The molecule has 0 saturated carbocycles. The van der Waals surface area contributed by atoms with Crippen LogP contribution >= 0.6 is 15.9 Å². The molecule has 2 aromatic carbocycles. The Morgan fingerprint density at radius 2 is 1.60 bits per heavy atom. The number of amides is 2. The number of nitrogens with one attached hydrogen (secondary N) is 2. The second-order valence-corrected chi connectivity index (χ2v) is 4.74. The third-order valence-electron chi connectivity index (χ3n) is 2.36. The van der Waals surface area contributed by atoms with Gasteiger partial charge in [-0.3, -0.25) is 0 Å². The van der Waals surface area contributed by atoms with Gasteiger partial charge in [0.15, 0.2) is 0 Å². The molecule has 0 aliphatic carbocycles. The molecule has 3 nitrogen and oxygen atoms in total. The molecule has 0 saturated heterocycles. The van der Waals surface area contributed by atoms with E-state index in [1.54, 1.807) is 0 Å². The van der Waals surface area contributed by atoms with Crippen molar-refractivity contribution in [3.8, 4) is 0 Å². The van der Waals surface area contributed by atoms with Gasteiger partial charge < -0.3 is 10.6 Å². The zero-order chi connectivity index (χ0) is 14.7. The highest BCUT2D eigenvalue weighted by molar-refractivity contribution is 9.10. The molecule has 0 aliphatic heterocycles.